The fourth-order valence-corrected chi connectivity index (χ4v) is 11.7. The van der Waals surface area contributed by atoms with Crippen LogP contribution in [0.4, 0.5) is 9.59 Å². The highest BCUT2D eigenvalue weighted by molar-refractivity contribution is 5.67. The summed E-state index contributed by atoms with van der Waals surface area (Å²) in [6.45, 7) is 6.94. The number of amides is 2. The second-order valence-corrected chi connectivity index (χ2v) is 25.0. The standard InChI is InChI=1S/C72H144N2O4/c1-3-5-7-9-11-13-15-17-19-21-23-25-27-29-31-33-35-37-39-41-43-45-47-49-51-53-55-57-61-65-69-77-71(75)73-67-63-59-60-64-68-74-72(76)78-70-66-62-58-56-54-52-50-48-46-44-42-40-38-36-34-32-30-28-26-24-22-20-18-16-14-12-10-8-6-4-2/h3-70H2,1-2H3,(H,73,75)(H,74,76). The first-order chi connectivity index (χ1) is 38.7. The van der Waals surface area contributed by atoms with Gasteiger partial charge in [0.25, 0.3) is 0 Å². The first kappa shape index (κ1) is 76.5. The van der Waals surface area contributed by atoms with Crippen LogP contribution in [0.3, 0.4) is 0 Å². The molecule has 0 aromatic heterocycles. The number of hydrogen-bond acceptors (Lipinski definition) is 4. The summed E-state index contributed by atoms with van der Waals surface area (Å²) < 4.78 is 10.8. The molecule has 6 heteroatoms. The molecule has 0 saturated heterocycles. The molecule has 0 bridgehead atoms. The third kappa shape index (κ3) is 70.6. The molecule has 0 aliphatic rings. The van der Waals surface area contributed by atoms with Gasteiger partial charge in [0.15, 0.2) is 0 Å². The van der Waals surface area contributed by atoms with E-state index in [1.165, 1.54) is 360 Å². The molecule has 0 spiro atoms. The molecule has 0 aliphatic heterocycles. The summed E-state index contributed by atoms with van der Waals surface area (Å²) in [7, 11) is 0. The lowest BCUT2D eigenvalue weighted by molar-refractivity contribution is 0.142. The van der Waals surface area contributed by atoms with Gasteiger partial charge in [-0.05, 0) is 25.7 Å². The number of unbranched alkanes of at least 4 members (excludes halogenated alkanes) is 61. The maximum absolute atomic E-state index is 12.0. The van der Waals surface area contributed by atoms with Crippen molar-refractivity contribution in [2.75, 3.05) is 26.3 Å². The summed E-state index contributed by atoms with van der Waals surface area (Å²) in [6, 6.07) is 0. The van der Waals surface area contributed by atoms with Gasteiger partial charge in [0.05, 0.1) is 13.2 Å². The van der Waals surface area contributed by atoms with Crippen molar-refractivity contribution in [3.8, 4) is 0 Å². The molecule has 2 N–H and O–H groups in total. The maximum Gasteiger partial charge on any atom is 0.407 e. The number of carbonyl (C=O) groups excluding carboxylic acids is 2. The van der Waals surface area contributed by atoms with Crippen LogP contribution in [-0.2, 0) is 9.47 Å². The van der Waals surface area contributed by atoms with E-state index in [0.717, 1.165) is 51.4 Å². The van der Waals surface area contributed by atoms with Crippen LogP contribution < -0.4 is 10.6 Å². The van der Waals surface area contributed by atoms with Crippen molar-refractivity contribution in [2.24, 2.45) is 0 Å². The zero-order valence-corrected chi connectivity index (χ0v) is 53.7. The van der Waals surface area contributed by atoms with Crippen LogP contribution in [0.2, 0.25) is 0 Å². The normalized spacial score (nSPS) is 11.5. The van der Waals surface area contributed by atoms with Gasteiger partial charge in [-0.15, -0.1) is 0 Å². The third-order valence-electron chi connectivity index (χ3n) is 17.1. The highest BCUT2D eigenvalue weighted by Gasteiger charge is 2.05. The number of hydrogen-bond donors (Lipinski definition) is 2. The van der Waals surface area contributed by atoms with Crippen molar-refractivity contribution in [3.63, 3.8) is 0 Å². The fraction of sp³-hybridized carbons (Fsp3) is 0.972. The molecule has 0 radical (unpaired) electrons. The smallest absolute Gasteiger partial charge is 0.407 e. The van der Waals surface area contributed by atoms with E-state index in [4.69, 9.17) is 9.47 Å². The zero-order valence-electron chi connectivity index (χ0n) is 53.7. The van der Waals surface area contributed by atoms with E-state index in [2.05, 4.69) is 24.5 Å². The Balaban J connectivity index is 3.20. The molecule has 0 unspecified atom stereocenters. The number of ether oxygens (including phenoxy) is 2. The second kappa shape index (κ2) is 71.6. The van der Waals surface area contributed by atoms with Gasteiger partial charge < -0.3 is 20.1 Å². The van der Waals surface area contributed by atoms with Crippen molar-refractivity contribution in [3.05, 3.63) is 0 Å². The second-order valence-electron chi connectivity index (χ2n) is 25.0. The lowest BCUT2D eigenvalue weighted by Crippen LogP contribution is -2.26. The Morgan fingerprint density at radius 2 is 0.321 bits per heavy atom. The third-order valence-corrected chi connectivity index (χ3v) is 17.1. The van der Waals surface area contributed by atoms with Crippen LogP contribution in [0.15, 0.2) is 0 Å². The lowest BCUT2D eigenvalue weighted by Gasteiger charge is -2.08. The first-order valence-corrected chi connectivity index (χ1v) is 36.5. The molecule has 6 nitrogen and oxygen atoms in total. The molecule has 466 valence electrons. The molecular formula is C72H144N2O4. The molecule has 78 heavy (non-hydrogen) atoms. The summed E-state index contributed by atoms with van der Waals surface area (Å²) >= 11 is 0. The molecule has 0 aromatic rings. The average Bonchev–Trinajstić information content (AvgIpc) is 3.44. The van der Waals surface area contributed by atoms with Gasteiger partial charge in [-0.3, -0.25) is 0 Å². The molecule has 0 aromatic carbocycles. The molecule has 0 rings (SSSR count). The molecule has 0 fully saturated rings. The minimum atomic E-state index is -0.286. The monoisotopic (exact) mass is 1100 g/mol. The van der Waals surface area contributed by atoms with Gasteiger partial charge in [0, 0.05) is 13.1 Å². The van der Waals surface area contributed by atoms with Gasteiger partial charge in [0.2, 0.25) is 0 Å². The topological polar surface area (TPSA) is 76.7 Å². The number of nitrogens with one attached hydrogen (secondary N) is 2. The summed E-state index contributed by atoms with van der Waals surface area (Å²) in [5, 5.41) is 5.78. The maximum atomic E-state index is 12.0. The molecule has 0 saturated carbocycles. The SMILES string of the molecule is CCCCCCCCCCCCCCCCCCCCCCCCCCCCCCCCOC(=O)NCCCCCCNC(=O)OCCCCCCCCCCCCCCCCCCCCCCCCCCCCCCCC. The fourth-order valence-electron chi connectivity index (χ4n) is 11.7. The van der Waals surface area contributed by atoms with Crippen molar-refractivity contribution < 1.29 is 19.1 Å². The van der Waals surface area contributed by atoms with E-state index >= 15 is 0 Å². The average molecular weight is 1100 g/mol. The summed E-state index contributed by atoms with van der Waals surface area (Å²) in [5.74, 6) is 0. The molecule has 2 amide bonds. The lowest BCUT2D eigenvalue weighted by atomic mass is 10.0. The largest absolute Gasteiger partial charge is 0.450 e. The van der Waals surface area contributed by atoms with Crippen molar-refractivity contribution in [1.82, 2.24) is 10.6 Å². The van der Waals surface area contributed by atoms with Crippen LogP contribution in [0, 0.1) is 0 Å². The summed E-state index contributed by atoms with van der Waals surface area (Å²) in [6.07, 6.45) is 87.8. The summed E-state index contributed by atoms with van der Waals surface area (Å²) in [5.41, 5.74) is 0. The van der Waals surface area contributed by atoms with Crippen molar-refractivity contribution >= 4 is 12.2 Å². The van der Waals surface area contributed by atoms with Gasteiger partial charge in [0.1, 0.15) is 0 Å². The highest BCUT2D eigenvalue weighted by atomic mass is 16.6. The molecule has 0 aliphatic carbocycles. The predicted molar refractivity (Wildman–Crippen MR) is 346 cm³/mol. The highest BCUT2D eigenvalue weighted by Crippen LogP contribution is 2.19. The number of alkyl carbamates (subject to hydrolysis) is 2. The molecule has 0 heterocycles. The van der Waals surface area contributed by atoms with E-state index in [1.807, 2.05) is 0 Å². The Hall–Kier alpha value is -1.46. The van der Waals surface area contributed by atoms with Gasteiger partial charge in [-0.2, -0.15) is 0 Å². The van der Waals surface area contributed by atoms with Crippen LogP contribution in [0.1, 0.15) is 425 Å². The minimum Gasteiger partial charge on any atom is -0.450 e. The van der Waals surface area contributed by atoms with E-state index in [1.54, 1.807) is 0 Å². The number of carbonyl (C=O) groups is 2. The van der Waals surface area contributed by atoms with Crippen LogP contribution in [-0.4, -0.2) is 38.5 Å². The van der Waals surface area contributed by atoms with Crippen LogP contribution in [0.5, 0.6) is 0 Å². The van der Waals surface area contributed by atoms with E-state index < -0.39 is 0 Å². The minimum absolute atomic E-state index is 0.286. The van der Waals surface area contributed by atoms with Gasteiger partial charge >= 0.3 is 12.2 Å². The van der Waals surface area contributed by atoms with Crippen LogP contribution >= 0.6 is 0 Å². The van der Waals surface area contributed by atoms with Gasteiger partial charge in [-0.25, -0.2) is 9.59 Å². The zero-order chi connectivity index (χ0) is 56.1. The summed E-state index contributed by atoms with van der Waals surface area (Å²) in [4.78, 5) is 24.1. The van der Waals surface area contributed by atoms with Gasteiger partial charge in [-0.1, -0.05) is 399 Å². The van der Waals surface area contributed by atoms with Crippen molar-refractivity contribution in [1.29, 1.82) is 0 Å². The molecular weight excluding hydrogens is 957 g/mol. The Morgan fingerprint density at radius 1 is 0.192 bits per heavy atom. The Bertz CT molecular complexity index is 1020. The quantitative estimate of drug-likeness (QED) is 0.0595. The Morgan fingerprint density at radius 3 is 0.474 bits per heavy atom. The Kier molecular flexibility index (Phi) is 70.3. The van der Waals surface area contributed by atoms with E-state index in [0.29, 0.717) is 26.3 Å². The number of rotatable bonds is 69. The molecule has 0 atom stereocenters. The van der Waals surface area contributed by atoms with E-state index in [9.17, 15) is 9.59 Å². The first-order valence-electron chi connectivity index (χ1n) is 36.5. The Labute approximate surface area is 490 Å². The predicted octanol–water partition coefficient (Wildman–Crippen LogP) is 25.4. The van der Waals surface area contributed by atoms with E-state index in [-0.39, 0.29) is 12.2 Å². The van der Waals surface area contributed by atoms with Crippen LogP contribution in [0.25, 0.3) is 0 Å². The van der Waals surface area contributed by atoms with Crippen molar-refractivity contribution in [2.45, 2.75) is 425 Å².